The van der Waals surface area contributed by atoms with Crippen molar-refractivity contribution in [3.05, 3.63) is 125 Å². The summed E-state index contributed by atoms with van der Waals surface area (Å²) in [7, 11) is 1.51. The molecule has 0 radical (unpaired) electrons. The van der Waals surface area contributed by atoms with Gasteiger partial charge in [0, 0.05) is 10.4 Å². The first kappa shape index (κ1) is 26.8. The zero-order valence-corrected chi connectivity index (χ0v) is 24.1. The number of thiazole rings is 1. The van der Waals surface area contributed by atoms with Gasteiger partial charge in [0.15, 0.2) is 28.0 Å². The molecular weight excluding hydrogens is 588 g/mol. The summed E-state index contributed by atoms with van der Waals surface area (Å²) in [5.41, 5.74) is 1.39. The molecule has 0 aliphatic carbocycles. The van der Waals surface area contributed by atoms with E-state index >= 15 is 0 Å². The number of aliphatic hydroxyl groups excluding tert-OH is 1. The van der Waals surface area contributed by atoms with Gasteiger partial charge in [-0.2, -0.15) is 0 Å². The van der Waals surface area contributed by atoms with Crippen LogP contribution in [0.5, 0.6) is 17.2 Å². The van der Waals surface area contributed by atoms with Crippen molar-refractivity contribution in [2.24, 2.45) is 0 Å². The average molecular weight is 609 g/mol. The van der Waals surface area contributed by atoms with Gasteiger partial charge >= 0.3 is 0 Å². The second-order valence-corrected chi connectivity index (χ2v) is 11.2. The largest absolute Gasteiger partial charge is 0.503 e. The van der Waals surface area contributed by atoms with E-state index in [1.165, 1.54) is 23.3 Å². The lowest BCUT2D eigenvalue weighted by Gasteiger charge is -2.24. The van der Waals surface area contributed by atoms with Crippen LogP contribution in [-0.4, -0.2) is 28.9 Å². The first-order chi connectivity index (χ1) is 20.9. The molecule has 0 saturated heterocycles. The zero-order chi connectivity index (χ0) is 29.7. The molecule has 4 aromatic carbocycles. The van der Waals surface area contributed by atoms with Crippen LogP contribution >= 0.6 is 22.9 Å². The number of furan rings is 1. The van der Waals surface area contributed by atoms with Gasteiger partial charge in [-0.15, -0.1) is 0 Å². The van der Waals surface area contributed by atoms with Gasteiger partial charge in [-0.25, -0.2) is 4.98 Å². The van der Waals surface area contributed by atoms with E-state index in [9.17, 15) is 14.7 Å². The van der Waals surface area contributed by atoms with Gasteiger partial charge in [0.2, 0.25) is 5.78 Å². The number of carbonyl (C=O) groups excluding carboxylic acids is 2. The highest BCUT2D eigenvalue weighted by Gasteiger charge is 2.46. The Morgan fingerprint density at radius 1 is 0.977 bits per heavy atom. The number of methoxy groups -OCH3 is 1. The zero-order valence-electron chi connectivity index (χ0n) is 22.5. The number of rotatable bonds is 7. The van der Waals surface area contributed by atoms with E-state index in [0.29, 0.717) is 49.5 Å². The summed E-state index contributed by atoms with van der Waals surface area (Å²) in [6.45, 7) is 0. The summed E-state index contributed by atoms with van der Waals surface area (Å²) in [6, 6.07) is 27.3. The lowest BCUT2D eigenvalue weighted by molar-refractivity contribution is -0.117. The molecule has 6 aromatic rings. The minimum atomic E-state index is -1.04. The molecule has 212 valence electrons. The van der Waals surface area contributed by atoms with Gasteiger partial charge in [0.1, 0.15) is 11.5 Å². The Morgan fingerprint density at radius 3 is 2.58 bits per heavy atom. The molecule has 8 nitrogen and oxygen atoms in total. The number of aromatic nitrogens is 1. The van der Waals surface area contributed by atoms with Crippen LogP contribution in [0.3, 0.4) is 0 Å². The maximum Gasteiger partial charge on any atom is 0.296 e. The minimum absolute atomic E-state index is 0.0477. The number of hydrogen-bond donors (Lipinski definition) is 1. The van der Waals surface area contributed by atoms with Crippen LogP contribution in [-0.2, 0) is 4.79 Å². The molecule has 1 atom stereocenters. The molecule has 0 bridgehead atoms. The Labute approximate surface area is 254 Å². The fourth-order valence-electron chi connectivity index (χ4n) is 5.15. The third-order valence-electron chi connectivity index (χ3n) is 7.10. The first-order valence-corrected chi connectivity index (χ1v) is 14.4. The van der Waals surface area contributed by atoms with Crippen LogP contribution in [0.2, 0.25) is 5.02 Å². The lowest BCUT2D eigenvalue weighted by Crippen LogP contribution is -2.31. The van der Waals surface area contributed by atoms with Crippen LogP contribution in [0.25, 0.3) is 21.2 Å². The number of carbonyl (C=O) groups is 2. The highest BCUT2D eigenvalue weighted by molar-refractivity contribution is 7.22. The molecule has 1 amide bonds. The first-order valence-electron chi connectivity index (χ1n) is 13.2. The third-order valence-corrected chi connectivity index (χ3v) is 8.36. The Bertz CT molecular complexity index is 2080. The van der Waals surface area contributed by atoms with E-state index in [-0.39, 0.29) is 11.3 Å². The highest BCUT2D eigenvalue weighted by atomic mass is 35.5. The summed E-state index contributed by atoms with van der Waals surface area (Å²) < 4.78 is 18.1. The van der Waals surface area contributed by atoms with Crippen molar-refractivity contribution in [3.8, 4) is 17.2 Å². The molecular formula is C33H21ClN2O6S. The fraction of sp³-hybridized carbons (Fsp3) is 0.0606. The van der Waals surface area contributed by atoms with Gasteiger partial charge in [0.05, 0.1) is 28.9 Å². The van der Waals surface area contributed by atoms with Crippen molar-refractivity contribution < 1.29 is 28.6 Å². The molecule has 7 rings (SSSR count). The van der Waals surface area contributed by atoms with Crippen molar-refractivity contribution in [2.75, 3.05) is 12.0 Å². The van der Waals surface area contributed by atoms with E-state index in [1.54, 1.807) is 66.7 Å². The average Bonchev–Trinajstić information content (AvgIpc) is 3.71. The third kappa shape index (κ3) is 4.68. The molecule has 43 heavy (non-hydrogen) atoms. The second-order valence-electron chi connectivity index (χ2n) is 9.75. The SMILES string of the molecule is COc1cccc2cc(C(=O)C3=C(O)C(=O)N(c4nc5ccc(Cl)cc5s4)C3c3cccc(Oc4ccccc4)c3)oc12. The number of ketones is 1. The molecule has 0 spiro atoms. The maximum absolute atomic E-state index is 14.1. The molecule has 1 N–H and O–H groups in total. The maximum atomic E-state index is 14.1. The van der Waals surface area contributed by atoms with Gasteiger partial charge in [0.25, 0.3) is 5.91 Å². The van der Waals surface area contributed by atoms with Gasteiger partial charge in [-0.05, 0) is 60.2 Å². The number of amides is 1. The van der Waals surface area contributed by atoms with Crippen molar-refractivity contribution in [2.45, 2.75) is 6.04 Å². The van der Waals surface area contributed by atoms with Gasteiger partial charge in [-0.1, -0.05) is 65.4 Å². The number of halogens is 1. The number of benzene rings is 4. The van der Waals surface area contributed by atoms with Crippen molar-refractivity contribution in [3.63, 3.8) is 0 Å². The summed E-state index contributed by atoms with van der Waals surface area (Å²) in [5.74, 6) is -0.583. The Kier molecular flexibility index (Phi) is 6.61. The van der Waals surface area contributed by atoms with E-state index in [4.69, 9.17) is 25.5 Å². The van der Waals surface area contributed by atoms with Crippen molar-refractivity contribution >= 4 is 60.9 Å². The second kappa shape index (κ2) is 10.6. The molecule has 2 aromatic heterocycles. The summed E-state index contributed by atoms with van der Waals surface area (Å²) in [4.78, 5) is 33.9. The topological polar surface area (TPSA) is 102 Å². The summed E-state index contributed by atoms with van der Waals surface area (Å²) in [6.07, 6.45) is 0. The van der Waals surface area contributed by atoms with Gasteiger partial charge < -0.3 is 19.0 Å². The van der Waals surface area contributed by atoms with Crippen LogP contribution < -0.4 is 14.4 Å². The van der Waals surface area contributed by atoms with Crippen molar-refractivity contribution in [1.29, 1.82) is 0 Å². The number of anilines is 1. The number of hydrogen-bond acceptors (Lipinski definition) is 8. The van der Waals surface area contributed by atoms with Crippen LogP contribution in [0.1, 0.15) is 22.2 Å². The van der Waals surface area contributed by atoms with E-state index < -0.39 is 23.5 Å². The predicted octanol–water partition coefficient (Wildman–Crippen LogP) is 8.28. The molecule has 0 saturated carbocycles. The monoisotopic (exact) mass is 608 g/mol. The van der Waals surface area contributed by atoms with E-state index in [1.807, 2.05) is 30.3 Å². The molecule has 1 aliphatic rings. The van der Waals surface area contributed by atoms with Gasteiger partial charge in [-0.3, -0.25) is 14.5 Å². The molecule has 10 heteroatoms. The number of ether oxygens (including phenoxy) is 2. The number of aliphatic hydroxyl groups is 1. The summed E-state index contributed by atoms with van der Waals surface area (Å²) in [5, 5.41) is 12.7. The predicted molar refractivity (Wildman–Crippen MR) is 165 cm³/mol. The number of nitrogens with zero attached hydrogens (tertiary/aromatic N) is 2. The van der Waals surface area contributed by atoms with Crippen LogP contribution in [0.15, 0.2) is 113 Å². The Morgan fingerprint density at radius 2 is 1.77 bits per heavy atom. The number of fused-ring (bicyclic) bond motifs is 2. The van der Waals surface area contributed by atoms with Crippen LogP contribution in [0.4, 0.5) is 5.13 Å². The number of Topliss-reactive ketones (excluding diaryl/α,β-unsaturated/α-hetero) is 1. The van der Waals surface area contributed by atoms with E-state index in [0.717, 1.165) is 4.70 Å². The molecule has 1 unspecified atom stereocenters. The normalized spacial score (nSPS) is 15.1. The standard InChI is InChI=1S/C33H21ClN2O6S/c1-40-24-12-6-8-19-16-25(42-31(19)24)29(37)27-28(18-7-5-11-22(15-18)41-21-9-3-2-4-10-21)36(32(39)30(27)38)33-35-23-14-13-20(34)17-26(23)43-33/h2-17,28,38H,1H3. The lowest BCUT2D eigenvalue weighted by atomic mass is 9.95. The minimum Gasteiger partial charge on any atom is -0.503 e. The van der Waals surface area contributed by atoms with Crippen molar-refractivity contribution in [1.82, 2.24) is 4.98 Å². The molecule has 3 heterocycles. The Balaban J connectivity index is 1.37. The number of para-hydroxylation sites is 2. The molecule has 0 fully saturated rings. The molecule has 1 aliphatic heterocycles. The van der Waals surface area contributed by atoms with Crippen LogP contribution in [0, 0.1) is 0 Å². The quantitative estimate of drug-likeness (QED) is 0.182. The highest BCUT2D eigenvalue weighted by Crippen LogP contribution is 2.45. The Hall–Kier alpha value is -5.12. The summed E-state index contributed by atoms with van der Waals surface area (Å²) >= 11 is 7.44. The fourth-order valence-corrected chi connectivity index (χ4v) is 6.42. The van der Waals surface area contributed by atoms with E-state index in [2.05, 4.69) is 4.98 Å². The smallest absolute Gasteiger partial charge is 0.296 e.